The van der Waals surface area contributed by atoms with Crippen molar-refractivity contribution < 1.29 is 0 Å². The van der Waals surface area contributed by atoms with Crippen LogP contribution in [0, 0.1) is 6.92 Å². The quantitative estimate of drug-likeness (QED) is 0.318. The van der Waals surface area contributed by atoms with Gasteiger partial charge >= 0.3 is 0 Å². The van der Waals surface area contributed by atoms with E-state index in [0.717, 1.165) is 33.3 Å². The molecule has 0 aliphatic carbocycles. The maximum Gasteiger partial charge on any atom is 0.0750 e. The number of fused-ring (bicyclic) bond motifs is 1. The maximum absolute atomic E-state index is 4.93. The molecule has 4 aromatic rings. The van der Waals surface area contributed by atoms with Gasteiger partial charge in [0.25, 0.3) is 0 Å². The van der Waals surface area contributed by atoms with Gasteiger partial charge in [0.15, 0.2) is 0 Å². The number of benzene rings is 3. The lowest BCUT2D eigenvalue weighted by molar-refractivity contribution is 1.32. The summed E-state index contributed by atoms with van der Waals surface area (Å²) in [5.74, 6) is 0. The molecule has 0 spiro atoms. The largest absolute Gasteiger partial charge is 0.248 e. The lowest BCUT2D eigenvalue weighted by atomic mass is 9.89. The average molecular weight is 388 g/mol. The predicted molar refractivity (Wildman–Crippen MR) is 130 cm³/mol. The molecule has 0 saturated carbocycles. The summed E-state index contributed by atoms with van der Waals surface area (Å²) in [5.41, 5.74) is 9.93. The van der Waals surface area contributed by atoms with Crippen LogP contribution >= 0.6 is 0 Å². The number of pyridine rings is 1. The normalized spacial score (nSPS) is 11.5. The predicted octanol–water partition coefficient (Wildman–Crippen LogP) is 7.86. The van der Waals surface area contributed by atoms with Gasteiger partial charge in [0, 0.05) is 5.39 Å². The molecular weight excluding hydrogens is 362 g/mol. The molecule has 0 radical (unpaired) electrons. The zero-order valence-electron chi connectivity index (χ0n) is 17.5. The van der Waals surface area contributed by atoms with E-state index < -0.39 is 0 Å². The molecule has 1 heteroatoms. The zero-order chi connectivity index (χ0) is 21.1. The molecule has 146 valence electrons. The molecule has 30 heavy (non-hydrogen) atoms. The van der Waals surface area contributed by atoms with Crippen LogP contribution in [0.25, 0.3) is 33.7 Å². The summed E-state index contributed by atoms with van der Waals surface area (Å²) in [5, 5.41) is 1.15. The van der Waals surface area contributed by atoms with E-state index in [1.165, 1.54) is 22.3 Å². The van der Waals surface area contributed by atoms with Crippen molar-refractivity contribution >= 4 is 22.6 Å². The van der Waals surface area contributed by atoms with E-state index in [-0.39, 0.29) is 0 Å². The molecule has 0 aliphatic heterocycles. The smallest absolute Gasteiger partial charge is 0.0750 e. The molecule has 3 aromatic carbocycles. The van der Waals surface area contributed by atoms with Gasteiger partial charge in [-0.2, -0.15) is 0 Å². The fourth-order valence-electron chi connectivity index (χ4n) is 3.88. The van der Waals surface area contributed by atoms with E-state index in [4.69, 9.17) is 4.98 Å². The first kappa shape index (κ1) is 19.6. The summed E-state index contributed by atoms with van der Waals surface area (Å²) in [4.78, 5) is 4.93. The average Bonchev–Trinajstić information content (AvgIpc) is 2.78. The minimum Gasteiger partial charge on any atom is -0.248 e. The molecule has 0 aliphatic rings. The van der Waals surface area contributed by atoms with Crippen LogP contribution in [0.1, 0.15) is 29.3 Å². The van der Waals surface area contributed by atoms with E-state index in [2.05, 4.69) is 92.9 Å². The van der Waals surface area contributed by atoms with Crippen molar-refractivity contribution in [3.05, 3.63) is 126 Å². The molecule has 1 nitrogen and oxygen atoms in total. The molecule has 0 amide bonds. The summed E-state index contributed by atoms with van der Waals surface area (Å²) < 4.78 is 0. The Morgan fingerprint density at radius 1 is 0.900 bits per heavy atom. The molecule has 0 N–H and O–H groups in total. The number of nitrogens with zero attached hydrogens (tertiary/aromatic N) is 1. The van der Waals surface area contributed by atoms with Crippen LogP contribution in [-0.4, -0.2) is 4.98 Å². The van der Waals surface area contributed by atoms with Crippen molar-refractivity contribution in [3.8, 4) is 11.1 Å². The van der Waals surface area contributed by atoms with Crippen LogP contribution in [0.15, 0.2) is 104 Å². The monoisotopic (exact) mass is 387 g/mol. The fourth-order valence-corrected chi connectivity index (χ4v) is 3.88. The third kappa shape index (κ3) is 3.75. The second-order valence-electron chi connectivity index (χ2n) is 7.57. The number of allylic oxidation sites excluding steroid dienone is 2. The second-order valence-corrected chi connectivity index (χ2v) is 7.57. The summed E-state index contributed by atoms with van der Waals surface area (Å²) in [6, 6.07) is 27.4. The maximum atomic E-state index is 4.93. The fraction of sp³-hybridized carbons (Fsp3) is 0.0690. The first-order valence-corrected chi connectivity index (χ1v) is 10.1. The Morgan fingerprint density at radius 2 is 1.57 bits per heavy atom. The minimum atomic E-state index is 0.881. The number of rotatable bonds is 5. The number of aromatic nitrogens is 1. The molecule has 4 rings (SSSR count). The number of hydrogen-bond acceptors (Lipinski definition) is 1. The lowest BCUT2D eigenvalue weighted by Gasteiger charge is -2.16. The highest BCUT2D eigenvalue weighted by Gasteiger charge is 2.14. The van der Waals surface area contributed by atoms with Crippen LogP contribution in [0.5, 0.6) is 0 Å². The number of hydrogen-bond donors (Lipinski definition) is 0. The molecule has 1 aromatic heterocycles. The Bertz CT molecular complexity index is 1260. The summed E-state index contributed by atoms with van der Waals surface area (Å²) in [7, 11) is 0. The Morgan fingerprint density at radius 3 is 2.20 bits per heavy atom. The van der Waals surface area contributed by atoms with Gasteiger partial charge < -0.3 is 0 Å². The van der Waals surface area contributed by atoms with Crippen molar-refractivity contribution in [2.75, 3.05) is 0 Å². The van der Waals surface area contributed by atoms with Gasteiger partial charge in [-0.05, 0) is 59.4 Å². The highest BCUT2D eigenvalue weighted by Crippen LogP contribution is 2.35. The molecule has 1 heterocycles. The topological polar surface area (TPSA) is 12.9 Å². The molecule has 0 fully saturated rings. The van der Waals surface area contributed by atoms with E-state index in [0.29, 0.717) is 0 Å². The molecule has 0 saturated heterocycles. The molecular formula is C29H25N. The standard InChI is InChI=1S/C29H25N/c1-5-24-19-28(23-14-10-7-11-15-23)26-17-16-25(21(4)29(26)30-24)27(18-20(2)3)22-12-8-6-9-13-22/h5-19H,1-2H2,3-4H3/b27-18-. The Kier molecular flexibility index (Phi) is 5.45. The van der Waals surface area contributed by atoms with Gasteiger partial charge in [-0.15, -0.1) is 0 Å². The Labute approximate surface area is 178 Å². The van der Waals surface area contributed by atoms with Crippen LogP contribution in [0.2, 0.25) is 0 Å². The molecule has 0 bridgehead atoms. The van der Waals surface area contributed by atoms with Crippen LogP contribution in [0.4, 0.5) is 0 Å². The highest BCUT2D eigenvalue weighted by atomic mass is 14.7. The minimum absolute atomic E-state index is 0.881. The van der Waals surface area contributed by atoms with Crippen molar-refractivity contribution in [1.29, 1.82) is 0 Å². The van der Waals surface area contributed by atoms with Crippen molar-refractivity contribution in [2.24, 2.45) is 0 Å². The van der Waals surface area contributed by atoms with E-state index in [1.807, 2.05) is 25.1 Å². The van der Waals surface area contributed by atoms with Gasteiger partial charge in [-0.1, -0.05) is 97.6 Å². The zero-order valence-corrected chi connectivity index (χ0v) is 17.5. The highest BCUT2D eigenvalue weighted by molar-refractivity contribution is 6.00. The first-order valence-electron chi connectivity index (χ1n) is 10.1. The SMILES string of the molecule is C=Cc1cc(-c2ccccc2)c2ccc(/C(=C\C(=C)C)c3ccccc3)c(C)c2n1. The van der Waals surface area contributed by atoms with Gasteiger partial charge in [-0.3, -0.25) is 0 Å². The van der Waals surface area contributed by atoms with E-state index in [1.54, 1.807) is 0 Å². The van der Waals surface area contributed by atoms with Crippen molar-refractivity contribution in [3.63, 3.8) is 0 Å². The first-order chi connectivity index (χ1) is 14.6. The second kappa shape index (κ2) is 8.34. The van der Waals surface area contributed by atoms with Crippen LogP contribution < -0.4 is 0 Å². The molecule has 0 unspecified atom stereocenters. The van der Waals surface area contributed by atoms with Crippen molar-refractivity contribution in [1.82, 2.24) is 4.98 Å². The third-order valence-electron chi connectivity index (χ3n) is 5.31. The summed E-state index contributed by atoms with van der Waals surface area (Å²) >= 11 is 0. The van der Waals surface area contributed by atoms with Gasteiger partial charge in [-0.25, -0.2) is 4.98 Å². The van der Waals surface area contributed by atoms with Crippen molar-refractivity contribution in [2.45, 2.75) is 13.8 Å². The van der Waals surface area contributed by atoms with E-state index in [9.17, 15) is 0 Å². The van der Waals surface area contributed by atoms with Gasteiger partial charge in [0.1, 0.15) is 0 Å². The Balaban J connectivity index is 2.01. The molecule has 0 atom stereocenters. The van der Waals surface area contributed by atoms with Crippen LogP contribution in [-0.2, 0) is 0 Å². The van der Waals surface area contributed by atoms with E-state index >= 15 is 0 Å². The van der Waals surface area contributed by atoms with Crippen LogP contribution in [0.3, 0.4) is 0 Å². The van der Waals surface area contributed by atoms with Gasteiger partial charge in [0.2, 0.25) is 0 Å². The summed E-state index contributed by atoms with van der Waals surface area (Å²) in [6.07, 6.45) is 3.97. The Hall–Kier alpha value is -3.71. The lowest BCUT2D eigenvalue weighted by Crippen LogP contribution is -1.97. The summed E-state index contributed by atoms with van der Waals surface area (Å²) in [6.45, 7) is 12.3. The van der Waals surface area contributed by atoms with Gasteiger partial charge in [0.05, 0.1) is 11.2 Å². The third-order valence-corrected chi connectivity index (χ3v) is 5.31. The number of aryl methyl sites for hydroxylation is 1.